The van der Waals surface area contributed by atoms with Crippen molar-refractivity contribution in [2.45, 2.75) is 26.4 Å². The number of carboxylic acid groups (broad SMARTS) is 1. The molecule has 7 heteroatoms. The molecular weight excluding hydrogens is 332 g/mol. The standard InChI is InChI=1S/C18H17F2NO4/c1-18(2,3)25-17(24)21-11-5-6-12(16(22)23)13(9-11)14-8-10(19)4-7-15(14)20/h4-9H,1-3H3,(H,21,24)(H,22,23). The van der Waals surface area contributed by atoms with Crippen LogP contribution in [0.2, 0.25) is 0 Å². The quantitative estimate of drug-likeness (QED) is 0.844. The molecule has 0 atom stereocenters. The molecule has 0 aliphatic heterocycles. The Morgan fingerprint density at radius 3 is 2.32 bits per heavy atom. The predicted molar refractivity (Wildman–Crippen MR) is 88.6 cm³/mol. The smallest absolute Gasteiger partial charge is 0.412 e. The SMILES string of the molecule is CC(C)(C)OC(=O)Nc1ccc(C(=O)O)c(-c2cc(F)ccc2F)c1. The normalized spacial score (nSPS) is 11.1. The molecule has 25 heavy (non-hydrogen) atoms. The summed E-state index contributed by atoms with van der Waals surface area (Å²) in [4.78, 5) is 23.2. The second-order valence-electron chi connectivity index (χ2n) is 6.32. The van der Waals surface area contributed by atoms with Crippen LogP contribution in [0.4, 0.5) is 19.3 Å². The first-order valence-electron chi connectivity index (χ1n) is 7.39. The number of halogens is 2. The largest absolute Gasteiger partial charge is 0.478 e. The molecule has 0 fully saturated rings. The van der Waals surface area contributed by atoms with E-state index < -0.39 is 29.3 Å². The van der Waals surface area contributed by atoms with E-state index in [4.69, 9.17) is 4.74 Å². The fraction of sp³-hybridized carbons (Fsp3) is 0.222. The zero-order valence-electron chi connectivity index (χ0n) is 13.9. The molecule has 1 amide bonds. The number of benzene rings is 2. The third-order valence-electron chi connectivity index (χ3n) is 3.11. The van der Waals surface area contributed by atoms with Crippen LogP contribution in [-0.4, -0.2) is 22.8 Å². The van der Waals surface area contributed by atoms with E-state index in [9.17, 15) is 23.5 Å². The molecule has 0 aliphatic rings. The number of carbonyl (C=O) groups is 2. The van der Waals surface area contributed by atoms with E-state index in [1.54, 1.807) is 20.8 Å². The van der Waals surface area contributed by atoms with Gasteiger partial charge in [-0.1, -0.05) is 0 Å². The molecular formula is C18H17F2NO4. The van der Waals surface area contributed by atoms with Crippen LogP contribution >= 0.6 is 0 Å². The van der Waals surface area contributed by atoms with Crippen molar-refractivity contribution >= 4 is 17.7 Å². The van der Waals surface area contributed by atoms with E-state index in [1.807, 2.05) is 0 Å². The molecule has 0 saturated carbocycles. The highest BCUT2D eigenvalue weighted by molar-refractivity contribution is 5.98. The van der Waals surface area contributed by atoms with E-state index in [0.29, 0.717) is 0 Å². The number of rotatable bonds is 3. The molecule has 0 aliphatic carbocycles. The number of carbonyl (C=O) groups excluding carboxylic acids is 1. The van der Waals surface area contributed by atoms with Crippen molar-refractivity contribution in [1.29, 1.82) is 0 Å². The van der Waals surface area contributed by atoms with Gasteiger partial charge in [-0.2, -0.15) is 0 Å². The van der Waals surface area contributed by atoms with Gasteiger partial charge in [-0.3, -0.25) is 5.32 Å². The summed E-state index contributed by atoms with van der Waals surface area (Å²) in [5.74, 6) is -2.79. The Bertz CT molecular complexity index is 828. The zero-order valence-corrected chi connectivity index (χ0v) is 13.9. The number of hydrogen-bond donors (Lipinski definition) is 2. The van der Waals surface area contributed by atoms with Crippen molar-refractivity contribution in [2.75, 3.05) is 5.32 Å². The highest BCUT2D eigenvalue weighted by Gasteiger charge is 2.19. The van der Waals surface area contributed by atoms with Crippen LogP contribution in [0.25, 0.3) is 11.1 Å². The maximum absolute atomic E-state index is 14.0. The van der Waals surface area contributed by atoms with Crippen molar-refractivity contribution in [3.63, 3.8) is 0 Å². The van der Waals surface area contributed by atoms with Crippen LogP contribution in [0.3, 0.4) is 0 Å². The lowest BCUT2D eigenvalue weighted by atomic mass is 9.98. The second kappa shape index (κ2) is 6.88. The fourth-order valence-corrected chi connectivity index (χ4v) is 2.16. The molecule has 2 N–H and O–H groups in total. The average Bonchev–Trinajstić information content (AvgIpc) is 2.47. The van der Waals surface area contributed by atoms with Crippen LogP contribution < -0.4 is 5.32 Å². The third kappa shape index (κ3) is 4.76. The lowest BCUT2D eigenvalue weighted by Crippen LogP contribution is -2.27. The Morgan fingerprint density at radius 2 is 1.72 bits per heavy atom. The second-order valence-corrected chi connectivity index (χ2v) is 6.32. The number of hydrogen-bond acceptors (Lipinski definition) is 3. The van der Waals surface area contributed by atoms with E-state index in [0.717, 1.165) is 18.2 Å². The summed E-state index contributed by atoms with van der Waals surface area (Å²) < 4.78 is 32.6. The Labute approximate surface area is 143 Å². The van der Waals surface area contributed by atoms with Gasteiger partial charge in [0.15, 0.2) is 0 Å². The Balaban J connectivity index is 2.45. The summed E-state index contributed by atoms with van der Waals surface area (Å²) in [5, 5.41) is 11.7. The lowest BCUT2D eigenvalue weighted by Gasteiger charge is -2.20. The number of amides is 1. The first-order valence-corrected chi connectivity index (χ1v) is 7.39. The van der Waals surface area contributed by atoms with Gasteiger partial charge in [0.1, 0.15) is 17.2 Å². The molecule has 2 aromatic rings. The van der Waals surface area contributed by atoms with Gasteiger partial charge in [0, 0.05) is 16.8 Å². The molecule has 132 valence electrons. The molecule has 2 aromatic carbocycles. The number of carboxylic acids is 1. The van der Waals surface area contributed by atoms with Gasteiger partial charge < -0.3 is 9.84 Å². The van der Waals surface area contributed by atoms with Crippen LogP contribution in [-0.2, 0) is 4.74 Å². The third-order valence-corrected chi connectivity index (χ3v) is 3.11. The average molecular weight is 349 g/mol. The topological polar surface area (TPSA) is 75.6 Å². The monoisotopic (exact) mass is 349 g/mol. The molecule has 0 heterocycles. The van der Waals surface area contributed by atoms with Gasteiger partial charge in [-0.15, -0.1) is 0 Å². The van der Waals surface area contributed by atoms with E-state index in [1.165, 1.54) is 18.2 Å². The van der Waals surface area contributed by atoms with E-state index >= 15 is 0 Å². The van der Waals surface area contributed by atoms with Crippen molar-refractivity contribution in [2.24, 2.45) is 0 Å². The maximum atomic E-state index is 14.0. The van der Waals surface area contributed by atoms with Gasteiger partial charge in [-0.05, 0) is 57.2 Å². The first kappa shape index (κ1) is 18.4. The fourth-order valence-electron chi connectivity index (χ4n) is 2.16. The van der Waals surface area contributed by atoms with E-state index in [2.05, 4.69) is 5.32 Å². The van der Waals surface area contributed by atoms with Crippen LogP contribution in [0.1, 0.15) is 31.1 Å². The maximum Gasteiger partial charge on any atom is 0.412 e. The molecule has 5 nitrogen and oxygen atoms in total. The zero-order chi connectivity index (χ0) is 18.8. The van der Waals surface area contributed by atoms with E-state index in [-0.39, 0.29) is 22.4 Å². The minimum atomic E-state index is -1.30. The minimum Gasteiger partial charge on any atom is -0.478 e. The Kier molecular flexibility index (Phi) is 5.06. The molecule has 0 bridgehead atoms. The highest BCUT2D eigenvalue weighted by atomic mass is 19.1. The summed E-state index contributed by atoms with van der Waals surface area (Å²) in [6.45, 7) is 5.06. The molecule has 0 spiro atoms. The summed E-state index contributed by atoms with van der Waals surface area (Å²) >= 11 is 0. The number of anilines is 1. The van der Waals surface area contributed by atoms with Crippen LogP contribution in [0.15, 0.2) is 36.4 Å². The number of nitrogens with one attached hydrogen (secondary N) is 1. The lowest BCUT2D eigenvalue weighted by molar-refractivity contribution is 0.0634. The van der Waals surface area contributed by atoms with Gasteiger partial charge in [0.2, 0.25) is 0 Å². The molecule has 2 rings (SSSR count). The van der Waals surface area contributed by atoms with Gasteiger partial charge in [-0.25, -0.2) is 18.4 Å². The van der Waals surface area contributed by atoms with Crippen molar-refractivity contribution < 1.29 is 28.2 Å². The van der Waals surface area contributed by atoms with Crippen molar-refractivity contribution in [3.8, 4) is 11.1 Å². The first-order chi connectivity index (χ1) is 11.6. The van der Waals surface area contributed by atoms with Gasteiger partial charge in [0.25, 0.3) is 0 Å². The molecule has 0 aromatic heterocycles. The van der Waals surface area contributed by atoms with Crippen LogP contribution in [0.5, 0.6) is 0 Å². The number of aromatic carboxylic acids is 1. The highest BCUT2D eigenvalue weighted by Crippen LogP contribution is 2.30. The summed E-state index contributed by atoms with van der Waals surface area (Å²) in [7, 11) is 0. The summed E-state index contributed by atoms with van der Waals surface area (Å²) in [6.07, 6.45) is -0.749. The Hall–Kier alpha value is -2.96. The summed E-state index contributed by atoms with van der Waals surface area (Å²) in [5.41, 5.74) is -1.02. The molecule has 0 saturated heterocycles. The molecule has 0 unspecified atom stereocenters. The van der Waals surface area contributed by atoms with Crippen LogP contribution in [0, 0.1) is 11.6 Å². The molecule has 0 radical (unpaired) electrons. The minimum absolute atomic E-state index is 0.0574. The Morgan fingerprint density at radius 1 is 1.04 bits per heavy atom. The van der Waals surface area contributed by atoms with Gasteiger partial charge >= 0.3 is 12.1 Å². The summed E-state index contributed by atoms with van der Waals surface area (Å²) in [6, 6.07) is 6.54. The van der Waals surface area contributed by atoms with Crippen molar-refractivity contribution in [1.82, 2.24) is 0 Å². The predicted octanol–water partition coefficient (Wildman–Crippen LogP) is 4.68. The van der Waals surface area contributed by atoms with Gasteiger partial charge in [0.05, 0.1) is 5.56 Å². The van der Waals surface area contributed by atoms with Crippen molar-refractivity contribution in [3.05, 3.63) is 53.6 Å². The number of ether oxygens (including phenoxy) is 1.